The van der Waals surface area contributed by atoms with E-state index in [9.17, 15) is 9.59 Å². The fourth-order valence-corrected chi connectivity index (χ4v) is 4.99. The molecule has 0 aliphatic carbocycles. The molecule has 0 spiro atoms. The molecule has 38 heavy (non-hydrogen) atoms. The first-order valence-corrected chi connectivity index (χ1v) is 12.7. The SMILES string of the molecule is O=C1CCc2cc(-c3cccnc3)ccc2N1.O=C1CCc2cc(-c3cncc4ccccc34)ccc2N1. The van der Waals surface area contributed by atoms with Crippen LogP contribution in [0.5, 0.6) is 0 Å². The maximum Gasteiger partial charge on any atom is 0.224 e. The number of fused-ring (bicyclic) bond motifs is 3. The Morgan fingerprint density at radius 3 is 1.97 bits per heavy atom. The predicted molar refractivity (Wildman–Crippen MR) is 151 cm³/mol. The molecule has 0 radical (unpaired) electrons. The number of anilines is 2. The van der Waals surface area contributed by atoms with Crippen LogP contribution < -0.4 is 10.6 Å². The fraction of sp³-hybridized carbons (Fsp3) is 0.125. The van der Waals surface area contributed by atoms with Crippen molar-refractivity contribution in [2.45, 2.75) is 25.7 Å². The smallest absolute Gasteiger partial charge is 0.224 e. The predicted octanol–water partition coefficient (Wildman–Crippen LogP) is 6.42. The Hall–Kier alpha value is -4.84. The highest BCUT2D eigenvalue weighted by molar-refractivity contribution is 5.98. The van der Waals surface area contributed by atoms with Crippen molar-refractivity contribution < 1.29 is 9.59 Å². The van der Waals surface area contributed by atoms with Crippen LogP contribution in [0, 0.1) is 0 Å². The third-order valence-corrected chi connectivity index (χ3v) is 6.98. The molecule has 186 valence electrons. The highest BCUT2D eigenvalue weighted by Gasteiger charge is 2.16. The van der Waals surface area contributed by atoms with Crippen molar-refractivity contribution >= 4 is 34.0 Å². The quantitative estimate of drug-likeness (QED) is 0.294. The lowest BCUT2D eigenvalue weighted by Crippen LogP contribution is -2.18. The Labute approximate surface area is 220 Å². The van der Waals surface area contributed by atoms with E-state index in [0.717, 1.165) is 51.9 Å². The molecule has 0 unspecified atom stereocenters. The second-order valence-electron chi connectivity index (χ2n) is 9.49. The van der Waals surface area contributed by atoms with Gasteiger partial charge >= 0.3 is 0 Å². The van der Waals surface area contributed by atoms with Crippen LogP contribution in [0.3, 0.4) is 0 Å². The van der Waals surface area contributed by atoms with Crippen LogP contribution in [0.25, 0.3) is 33.0 Å². The van der Waals surface area contributed by atoms with Gasteiger partial charge in [-0.1, -0.05) is 42.5 Å². The van der Waals surface area contributed by atoms with Gasteiger partial charge in [-0.2, -0.15) is 0 Å². The number of hydrogen-bond acceptors (Lipinski definition) is 4. The monoisotopic (exact) mass is 498 g/mol. The molecule has 0 fully saturated rings. The van der Waals surface area contributed by atoms with Gasteiger partial charge in [0.05, 0.1) is 0 Å². The molecule has 2 aromatic heterocycles. The van der Waals surface area contributed by atoms with Crippen LogP contribution in [0.15, 0.2) is 97.6 Å². The number of benzene rings is 3. The molecule has 0 saturated carbocycles. The van der Waals surface area contributed by atoms with E-state index in [1.54, 1.807) is 6.20 Å². The summed E-state index contributed by atoms with van der Waals surface area (Å²) in [5, 5.41) is 8.15. The summed E-state index contributed by atoms with van der Waals surface area (Å²) in [5.74, 6) is 0.203. The molecule has 6 nitrogen and oxygen atoms in total. The van der Waals surface area contributed by atoms with E-state index in [4.69, 9.17) is 0 Å². The molecular weight excluding hydrogens is 472 g/mol. The number of carbonyl (C=O) groups excluding carboxylic acids is 2. The summed E-state index contributed by atoms with van der Waals surface area (Å²) >= 11 is 0. The van der Waals surface area contributed by atoms with E-state index in [-0.39, 0.29) is 11.8 Å². The third-order valence-electron chi connectivity index (χ3n) is 6.98. The average Bonchev–Trinajstić information content (AvgIpc) is 2.97. The zero-order valence-corrected chi connectivity index (χ0v) is 20.8. The minimum atomic E-state index is 0.0991. The summed E-state index contributed by atoms with van der Waals surface area (Å²) in [5.41, 5.74) is 8.80. The largest absolute Gasteiger partial charge is 0.326 e. The van der Waals surface area contributed by atoms with Gasteiger partial charge in [0.25, 0.3) is 0 Å². The summed E-state index contributed by atoms with van der Waals surface area (Å²) in [6.07, 6.45) is 10.2. The van der Waals surface area contributed by atoms with E-state index in [0.29, 0.717) is 12.8 Å². The van der Waals surface area contributed by atoms with Crippen molar-refractivity contribution in [2.75, 3.05) is 10.6 Å². The van der Waals surface area contributed by atoms with Gasteiger partial charge in [-0.25, -0.2) is 0 Å². The number of aromatic nitrogens is 2. The molecule has 7 rings (SSSR count). The highest BCUT2D eigenvalue weighted by Crippen LogP contribution is 2.32. The molecule has 5 aromatic rings. The molecule has 0 atom stereocenters. The fourth-order valence-electron chi connectivity index (χ4n) is 4.99. The summed E-state index contributed by atoms with van der Waals surface area (Å²) in [6, 6.07) is 24.5. The third kappa shape index (κ3) is 4.89. The van der Waals surface area contributed by atoms with Gasteiger partial charge in [0.15, 0.2) is 0 Å². The van der Waals surface area contributed by atoms with Gasteiger partial charge in [-0.05, 0) is 76.4 Å². The zero-order chi connectivity index (χ0) is 25.9. The van der Waals surface area contributed by atoms with Gasteiger partial charge < -0.3 is 10.6 Å². The Kier molecular flexibility index (Phi) is 6.36. The lowest BCUT2D eigenvalue weighted by atomic mass is 9.95. The number of amides is 2. The molecule has 2 amide bonds. The van der Waals surface area contributed by atoms with Crippen molar-refractivity contribution in [3.63, 3.8) is 0 Å². The van der Waals surface area contributed by atoms with Gasteiger partial charge in [0, 0.05) is 60.0 Å². The molecule has 0 saturated heterocycles. The first-order valence-electron chi connectivity index (χ1n) is 12.7. The average molecular weight is 499 g/mol. The van der Waals surface area contributed by atoms with Crippen LogP contribution in [0.1, 0.15) is 24.0 Å². The first-order chi connectivity index (χ1) is 18.6. The number of nitrogens with zero attached hydrogens (tertiary/aromatic N) is 2. The Morgan fingerprint density at radius 1 is 0.579 bits per heavy atom. The number of nitrogens with one attached hydrogen (secondary N) is 2. The normalized spacial score (nSPS) is 13.9. The lowest BCUT2D eigenvalue weighted by molar-refractivity contribution is -0.117. The topological polar surface area (TPSA) is 84.0 Å². The number of pyridine rings is 2. The minimum absolute atomic E-state index is 0.0991. The van der Waals surface area contributed by atoms with Crippen molar-refractivity contribution in [3.05, 3.63) is 109 Å². The molecule has 4 heterocycles. The Bertz CT molecular complexity index is 1660. The molecule has 2 N–H and O–H groups in total. The zero-order valence-electron chi connectivity index (χ0n) is 20.8. The highest BCUT2D eigenvalue weighted by atomic mass is 16.2. The van der Waals surface area contributed by atoms with Gasteiger partial charge in [0.1, 0.15) is 0 Å². The van der Waals surface area contributed by atoms with E-state index < -0.39 is 0 Å². The van der Waals surface area contributed by atoms with Gasteiger partial charge in [-0.15, -0.1) is 0 Å². The molecule has 2 aliphatic rings. The van der Waals surface area contributed by atoms with Crippen molar-refractivity contribution in [1.29, 1.82) is 0 Å². The van der Waals surface area contributed by atoms with E-state index in [1.807, 2.05) is 67.1 Å². The van der Waals surface area contributed by atoms with Gasteiger partial charge in [0.2, 0.25) is 11.8 Å². The minimum Gasteiger partial charge on any atom is -0.326 e. The van der Waals surface area contributed by atoms with Crippen molar-refractivity contribution in [1.82, 2.24) is 9.97 Å². The Morgan fingerprint density at radius 2 is 1.26 bits per heavy atom. The van der Waals surface area contributed by atoms with E-state index in [1.165, 1.54) is 16.5 Å². The first kappa shape index (κ1) is 23.6. The summed E-state index contributed by atoms with van der Waals surface area (Å²) in [6.45, 7) is 0. The van der Waals surface area contributed by atoms with E-state index in [2.05, 4.69) is 44.9 Å². The molecular formula is C32H26N4O2. The van der Waals surface area contributed by atoms with Crippen LogP contribution >= 0.6 is 0 Å². The van der Waals surface area contributed by atoms with Crippen LogP contribution in [-0.2, 0) is 22.4 Å². The molecule has 0 bridgehead atoms. The van der Waals surface area contributed by atoms with Crippen LogP contribution in [-0.4, -0.2) is 21.8 Å². The maximum absolute atomic E-state index is 11.4. The number of carbonyl (C=O) groups is 2. The van der Waals surface area contributed by atoms with Gasteiger partial charge in [-0.3, -0.25) is 19.6 Å². The number of hydrogen-bond donors (Lipinski definition) is 2. The second-order valence-corrected chi connectivity index (χ2v) is 9.49. The number of aryl methyl sites for hydroxylation is 2. The van der Waals surface area contributed by atoms with Crippen molar-refractivity contribution in [2.24, 2.45) is 0 Å². The van der Waals surface area contributed by atoms with Crippen LogP contribution in [0.2, 0.25) is 0 Å². The molecule has 3 aromatic carbocycles. The Balaban J connectivity index is 0.000000142. The lowest BCUT2D eigenvalue weighted by Gasteiger charge is -2.18. The van der Waals surface area contributed by atoms with Crippen molar-refractivity contribution in [3.8, 4) is 22.3 Å². The maximum atomic E-state index is 11.4. The second kappa shape index (κ2) is 10.3. The number of rotatable bonds is 2. The van der Waals surface area contributed by atoms with Crippen LogP contribution in [0.4, 0.5) is 11.4 Å². The molecule has 2 aliphatic heterocycles. The summed E-state index contributed by atoms with van der Waals surface area (Å²) in [7, 11) is 0. The molecule has 6 heteroatoms. The standard InChI is InChI=1S/C18H14N2O.C14H12N2O/c21-18-8-6-13-9-12(5-7-17(13)20-18)16-11-19-10-14-3-1-2-4-15(14)16;17-14-6-4-11-8-10(3-5-13(11)16-14)12-2-1-7-15-9-12/h1-5,7,9-11H,6,8H2,(H,20,21);1-3,5,7-9H,4,6H2,(H,16,17). The summed E-state index contributed by atoms with van der Waals surface area (Å²) in [4.78, 5) is 31.2. The van der Waals surface area contributed by atoms with E-state index >= 15 is 0 Å². The summed E-state index contributed by atoms with van der Waals surface area (Å²) < 4.78 is 0.